The van der Waals surface area contributed by atoms with E-state index in [0.717, 1.165) is 5.56 Å². The predicted molar refractivity (Wildman–Crippen MR) is 106 cm³/mol. The number of oxazole rings is 1. The third kappa shape index (κ3) is 4.97. The molecule has 0 aliphatic carbocycles. The van der Waals surface area contributed by atoms with Crippen molar-refractivity contribution in [3.05, 3.63) is 60.6 Å². The van der Waals surface area contributed by atoms with Gasteiger partial charge in [-0.05, 0) is 12.1 Å². The number of nitrogens with one attached hydrogen (secondary N) is 2. The van der Waals surface area contributed by atoms with Crippen molar-refractivity contribution in [3.63, 3.8) is 0 Å². The maximum Gasteiger partial charge on any atom is 0.224 e. The number of ether oxygens (including phenoxy) is 1. The lowest BCUT2D eigenvalue weighted by molar-refractivity contribution is -0.116. The SMILES string of the molecule is COc1ccc(NC(C)=O)c(NC(=O)CCc2ncc(-c3ccccc3)o2)c1. The van der Waals surface area contributed by atoms with E-state index in [-0.39, 0.29) is 18.2 Å². The van der Waals surface area contributed by atoms with Gasteiger partial charge in [-0.3, -0.25) is 9.59 Å². The van der Waals surface area contributed by atoms with Gasteiger partial charge in [-0.15, -0.1) is 0 Å². The number of methoxy groups -OCH3 is 1. The molecule has 0 aliphatic heterocycles. The molecular weight excluding hydrogens is 358 g/mol. The van der Waals surface area contributed by atoms with Crippen molar-refractivity contribution in [1.82, 2.24) is 4.98 Å². The number of carbonyl (C=O) groups excluding carboxylic acids is 2. The molecule has 2 amide bonds. The molecular formula is C21H21N3O4. The van der Waals surface area contributed by atoms with Crippen LogP contribution in [-0.2, 0) is 16.0 Å². The van der Waals surface area contributed by atoms with E-state index >= 15 is 0 Å². The molecule has 0 aliphatic rings. The number of carbonyl (C=O) groups is 2. The minimum Gasteiger partial charge on any atom is -0.497 e. The summed E-state index contributed by atoms with van der Waals surface area (Å²) in [7, 11) is 1.53. The second-order valence-electron chi connectivity index (χ2n) is 6.13. The Labute approximate surface area is 162 Å². The predicted octanol–water partition coefficient (Wildman–Crippen LogP) is 3.88. The molecule has 1 aromatic heterocycles. The molecule has 2 aromatic carbocycles. The molecule has 0 saturated heterocycles. The molecule has 0 saturated carbocycles. The molecule has 3 rings (SSSR count). The van der Waals surface area contributed by atoms with Gasteiger partial charge in [0.2, 0.25) is 11.8 Å². The first-order valence-electron chi connectivity index (χ1n) is 8.81. The molecule has 0 atom stereocenters. The highest BCUT2D eigenvalue weighted by atomic mass is 16.5. The van der Waals surface area contributed by atoms with Gasteiger partial charge in [-0.2, -0.15) is 0 Å². The van der Waals surface area contributed by atoms with Crippen LogP contribution in [-0.4, -0.2) is 23.9 Å². The normalized spacial score (nSPS) is 10.4. The Morgan fingerprint density at radius 2 is 1.86 bits per heavy atom. The van der Waals surface area contributed by atoms with Gasteiger partial charge in [0.1, 0.15) is 5.75 Å². The quantitative estimate of drug-likeness (QED) is 0.650. The zero-order valence-corrected chi connectivity index (χ0v) is 15.7. The molecule has 3 aromatic rings. The number of amides is 2. The molecule has 0 spiro atoms. The first-order chi connectivity index (χ1) is 13.5. The summed E-state index contributed by atoms with van der Waals surface area (Å²) in [5.74, 6) is 1.27. The number of anilines is 2. The Morgan fingerprint density at radius 1 is 1.07 bits per heavy atom. The van der Waals surface area contributed by atoms with E-state index in [2.05, 4.69) is 15.6 Å². The van der Waals surface area contributed by atoms with Crippen molar-refractivity contribution in [2.24, 2.45) is 0 Å². The van der Waals surface area contributed by atoms with Crippen molar-refractivity contribution >= 4 is 23.2 Å². The second kappa shape index (κ2) is 8.85. The molecule has 0 unspecified atom stereocenters. The van der Waals surface area contributed by atoms with E-state index < -0.39 is 0 Å². The van der Waals surface area contributed by atoms with Gasteiger partial charge in [0.25, 0.3) is 0 Å². The summed E-state index contributed by atoms with van der Waals surface area (Å²) < 4.78 is 10.9. The lowest BCUT2D eigenvalue weighted by Gasteiger charge is -2.12. The van der Waals surface area contributed by atoms with Crippen molar-refractivity contribution in [2.75, 3.05) is 17.7 Å². The zero-order chi connectivity index (χ0) is 19.9. The Morgan fingerprint density at radius 3 is 2.57 bits per heavy atom. The van der Waals surface area contributed by atoms with E-state index in [1.165, 1.54) is 14.0 Å². The molecule has 28 heavy (non-hydrogen) atoms. The second-order valence-corrected chi connectivity index (χ2v) is 6.13. The maximum atomic E-state index is 12.4. The number of hydrogen-bond acceptors (Lipinski definition) is 5. The molecule has 0 bridgehead atoms. The van der Waals surface area contributed by atoms with Crippen LogP contribution in [0.5, 0.6) is 5.75 Å². The third-order valence-corrected chi connectivity index (χ3v) is 3.99. The molecule has 144 valence electrons. The van der Waals surface area contributed by atoms with Crippen LogP contribution in [0.4, 0.5) is 11.4 Å². The van der Waals surface area contributed by atoms with E-state index in [4.69, 9.17) is 9.15 Å². The van der Waals surface area contributed by atoms with Crippen LogP contribution in [0.3, 0.4) is 0 Å². The molecule has 2 N–H and O–H groups in total. The van der Waals surface area contributed by atoms with Crippen molar-refractivity contribution in [3.8, 4) is 17.1 Å². The Balaban J connectivity index is 1.63. The van der Waals surface area contributed by atoms with Crippen molar-refractivity contribution in [2.45, 2.75) is 19.8 Å². The minimum absolute atomic E-state index is 0.186. The van der Waals surface area contributed by atoms with Crippen LogP contribution in [0.15, 0.2) is 59.1 Å². The van der Waals surface area contributed by atoms with Crippen LogP contribution in [0.2, 0.25) is 0 Å². The smallest absolute Gasteiger partial charge is 0.224 e. The van der Waals surface area contributed by atoms with Crippen molar-refractivity contribution < 1.29 is 18.7 Å². The number of nitrogens with zero attached hydrogens (tertiary/aromatic N) is 1. The van der Waals surface area contributed by atoms with Gasteiger partial charge in [0, 0.05) is 31.4 Å². The number of hydrogen-bond donors (Lipinski definition) is 2. The van der Waals surface area contributed by atoms with Gasteiger partial charge in [-0.1, -0.05) is 30.3 Å². The van der Waals surface area contributed by atoms with E-state index in [9.17, 15) is 9.59 Å². The molecule has 0 fully saturated rings. The Bertz CT molecular complexity index is 967. The maximum absolute atomic E-state index is 12.4. The van der Waals surface area contributed by atoms with Crippen LogP contribution in [0.25, 0.3) is 11.3 Å². The van der Waals surface area contributed by atoms with Crippen LogP contribution in [0.1, 0.15) is 19.2 Å². The van der Waals surface area contributed by atoms with Gasteiger partial charge in [0.05, 0.1) is 24.7 Å². The highest BCUT2D eigenvalue weighted by Gasteiger charge is 2.12. The molecule has 7 heteroatoms. The van der Waals surface area contributed by atoms with E-state index in [1.807, 2.05) is 30.3 Å². The fraction of sp³-hybridized carbons (Fsp3) is 0.190. The fourth-order valence-electron chi connectivity index (χ4n) is 2.65. The minimum atomic E-state index is -0.228. The number of aryl methyl sites for hydroxylation is 1. The highest BCUT2D eigenvalue weighted by Crippen LogP contribution is 2.27. The largest absolute Gasteiger partial charge is 0.497 e. The van der Waals surface area contributed by atoms with Crippen LogP contribution >= 0.6 is 0 Å². The van der Waals surface area contributed by atoms with Gasteiger partial charge < -0.3 is 19.8 Å². The molecule has 7 nitrogen and oxygen atoms in total. The monoisotopic (exact) mass is 379 g/mol. The standard InChI is InChI=1S/C21H21N3O4/c1-14(25)23-17-9-8-16(27-2)12-18(17)24-20(26)10-11-21-22-13-19(28-21)15-6-4-3-5-7-15/h3-9,12-13H,10-11H2,1-2H3,(H,23,25)(H,24,26). The summed E-state index contributed by atoms with van der Waals surface area (Å²) in [6.07, 6.45) is 2.20. The number of aromatic nitrogens is 1. The van der Waals surface area contributed by atoms with Gasteiger partial charge >= 0.3 is 0 Å². The summed E-state index contributed by atoms with van der Waals surface area (Å²) in [5.41, 5.74) is 1.91. The Hall–Kier alpha value is -3.61. The topological polar surface area (TPSA) is 93.5 Å². The summed E-state index contributed by atoms with van der Waals surface area (Å²) in [6, 6.07) is 14.7. The fourth-order valence-corrected chi connectivity index (χ4v) is 2.65. The Kier molecular flexibility index (Phi) is 6.06. The zero-order valence-electron chi connectivity index (χ0n) is 15.7. The highest BCUT2D eigenvalue weighted by molar-refractivity contribution is 5.99. The number of rotatable bonds is 7. The van der Waals surface area contributed by atoms with Crippen LogP contribution < -0.4 is 15.4 Å². The molecule has 1 heterocycles. The summed E-state index contributed by atoms with van der Waals surface area (Å²) in [5, 5.41) is 5.48. The first kappa shape index (κ1) is 19.2. The van der Waals surface area contributed by atoms with E-state index in [0.29, 0.717) is 35.2 Å². The van der Waals surface area contributed by atoms with Gasteiger partial charge in [0.15, 0.2) is 11.7 Å². The van der Waals surface area contributed by atoms with Gasteiger partial charge in [-0.25, -0.2) is 4.98 Å². The lowest BCUT2D eigenvalue weighted by Crippen LogP contribution is -2.15. The van der Waals surface area contributed by atoms with Crippen LogP contribution in [0, 0.1) is 0 Å². The van der Waals surface area contributed by atoms with Crippen molar-refractivity contribution in [1.29, 1.82) is 0 Å². The first-order valence-corrected chi connectivity index (χ1v) is 8.81. The van der Waals surface area contributed by atoms with E-state index in [1.54, 1.807) is 24.4 Å². The third-order valence-electron chi connectivity index (χ3n) is 3.99. The summed E-state index contributed by atoms with van der Waals surface area (Å²) >= 11 is 0. The average Bonchev–Trinajstić information content (AvgIpc) is 3.17. The summed E-state index contributed by atoms with van der Waals surface area (Å²) in [4.78, 5) is 28.0. The summed E-state index contributed by atoms with van der Waals surface area (Å²) in [6.45, 7) is 1.41. The lowest BCUT2D eigenvalue weighted by atomic mass is 10.2. The molecule has 0 radical (unpaired) electrons. The number of benzene rings is 2. The average molecular weight is 379 g/mol.